The lowest BCUT2D eigenvalue weighted by molar-refractivity contribution is 0.156. The van der Waals surface area contributed by atoms with Gasteiger partial charge in [-0.15, -0.1) is 0 Å². The normalized spacial score (nSPS) is 13.8. The number of amides is 2. The lowest BCUT2D eigenvalue weighted by Crippen LogP contribution is -2.49. The van der Waals surface area contributed by atoms with Gasteiger partial charge in [0, 0.05) is 42.8 Å². The van der Waals surface area contributed by atoms with Gasteiger partial charge in [0.1, 0.15) is 6.33 Å². The van der Waals surface area contributed by atoms with E-state index in [-0.39, 0.29) is 6.03 Å². The second kappa shape index (κ2) is 10.1. The number of rotatable bonds is 4. The maximum atomic E-state index is 13.0. The van der Waals surface area contributed by atoms with Crippen molar-refractivity contribution in [2.24, 2.45) is 0 Å². The highest BCUT2D eigenvalue weighted by atomic mass is 32.1. The van der Waals surface area contributed by atoms with Gasteiger partial charge in [0.05, 0.1) is 40.3 Å². The molecule has 0 bridgehead atoms. The van der Waals surface area contributed by atoms with Gasteiger partial charge >= 0.3 is 6.03 Å². The highest BCUT2D eigenvalue weighted by Crippen LogP contribution is 2.40. The molecule has 2 aromatic heterocycles. The zero-order valence-corrected chi connectivity index (χ0v) is 20.4. The number of hydrogen-bond donors (Lipinski definition) is 1. The molecule has 1 fully saturated rings. The molecule has 1 aliphatic rings. The highest BCUT2D eigenvalue weighted by Gasteiger charge is 2.23. The Labute approximate surface area is 212 Å². The number of hydrogen-bond acceptors (Lipinski definition) is 8. The summed E-state index contributed by atoms with van der Waals surface area (Å²) in [5.74, 6) is 0. The monoisotopic (exact) mass is 494 g/mol. The number of anilines is 1. The fraction of sp³-hybridized carbons (Fsp3) is 0.231. The molecule has 10 heteroatoms. The van der Waals surface area contributed by atoms with Gasteiger partial charge < -0.3 is 4.90 Å². The smallest absolute Gasteiger partial charge is 0.322 e. The van der Waals surface area contributed by atoms with Crippen LogP contribution in [0, 0.1) is 29.6 Å². The number of thiazole rings is 1. The standard InChI is InChI=1S/C26H22N8OS/c1-17-21-14-20(5-6-22(21)30-16-29-17)24-23(19-4-2-3-18(13-19)15-28)31-25(36-24)32-26(35)34-11-9-33(8-7-27)10-12-34/h2-6,13-14,16H,8-12H2,1H3,(H,31,32,35). The molecule has 4 aromatic rings. The quantitative estimate of drug-likeness (QED) is 0.420. The molecular formula is C26H22N8OS. The van der Waals surface area contributed by atoms with Crippen molar-refractivity contribution in [3.05, 3.63) is 60.0 Å². The number of urea groups is 1. The first-order valence-electron chi connectivity index (χ1n) is 11.4. The van der Waals surface area contributed by atoms with Gasteiger partial charge in [-0.2, -0.15) is 10.5 Å². The van der Waals surface area contributed by atoms with Crippen LogP contribution in [-0.2, 0) is 0 Å². The van der Waals surface area contributed by atoms with Gasteiger partial charge in [0.15, 0.2) is 5.13 Å². The largest absolute Gasteiger partial charge is 0.323 e. The highest BCUT2D eigenvalue weighted by molar-refractivity contribution is 7.19. The molecule has 178 valence electrons. The molecule has 0 spiro atoms. The Morgan fingerprint density at radius 1 is 1.08 bits per heavy atom. The summed E-state index contributed by atoms with van der Waals surface area (Å²) < 4.78 is 0. The number of carbonyl (C=O) groups is 1. The summed E-state index contributed by atoms with van der Waals surface area (Å²) in [5.41, 5.74) is 4.69. The van der Waals surface area contributed by atoms with Gasteiger partial charge in [-0.3, -0.25) is 10.2 Å². The van der Waals surface area contributed by atoms with Crippen molar-refractivity contribution in [2.75, 3.05) is 38.0 Å². The molecule has 36 heavy (non-hydrogen) atoms. The van der Waals surface area contributed by atoms with Crippen LogP contribution in [0.4, 0.5) is 9.93 Å². The molecule has 0 saturated carbocycles. The molecule has 1 saturated heterocycles. The van der Waals surface area contributed by atoms with Crippen LogP contribution in [0.5, 0.6) is 0 Å². The number of fused-ring (bicyclic) bond motifs is 1. The van der Waals surface area contributed by atoms with E-state index in [0.29, 0.717) is 49.1 Å². The zero-order chi connectivity index (χ0) is 25.1. The second-order valence-corrected chi connectivity index (χ2v) is 9.43. The Balaban J connectivity index is 1.49. The Hall–Kier alpha value is -4.38. The Morgan fingerprint density at radius 3 is 2.69 bits per heavy atom. The third-order valence-corrected chi connectivity index (χ3v) is 7.18. The SMILES string of the molecule is Cc1ncnc2ccc(-c3sc(NC(=O)N4CCN(CC#N)CC4)nc3-c3cccc(C#N)c3)cc12. The zero-order valence-electron chi connectivity index (χ0n) is 19.6. The van der Waals surface area contributed by atoms with Crippen molar-refractivity contribution in [2.45, 2.75) is 6.92 Å². The molecule has 3 heterocycles. The van der Waals surface area contributed by atoms with Gasteiger partial charge in [0.2, 0.25) is 0 Å². The number of aryl methyl sites for hydroxylation is 1. The number of benzene rings is 2. The molecule has 5 rings (SSSR count). The van der Waals surface area contributed by atoms with Crippen LogP contribution in [0.1, 0.15) is 11.3 Å². The number of aromatic nitrogens is 3. The molecule has 0 unspecified atom stereocenters. The van der Waals surface area contributed by atoms with Gasteiger partial charge in [-0.05, 0) is 36.8 Å². The van der Waals surface area contributed by atoms with E-state index in [9.17, 15) is 10.1 Å². The topological polar surface area (TPSA) is 122 Å². The summed E-state index contributed by atoms with van der Waals surface area (Å²) in [6, 6.07) is 17.4. The van der Waals surface area contributed by atoms with Crippen molar-refractivity contribution in [1.82, 2.24) is 24.8 Å². The van der Waals surface area contributed by atoms with Gasteiger partial charge in [-0.1, -0.05) is 29.5 Å². The minimum atomic E-state index is -0.216. The van der Waals surface area contributed by atoms with E-state index in [4.69, 9.17) is 10.2 Å². The summed E-state index contributed by atoms with van der Waals surface area (Å²) in [5, 5.41) is 22.7. The number of nitrogens with zero attached hydrogens (tertiary/aromatic N) is 7. The first-order chi connectivity index (χ1) is 17.6. The van der Waals surface area contributed by atoms with E-state index >= 15 is 0 Å². The van der Waals surface area contributed by atoms with E-state index in [1.54, 1.807) is 23.4 Å². The van der Waals surface area contributed by atoms with E-state index in [1.165, 1.54) is 11.3 Å². The number of nitriles is 2. The second-order valence-electron chi connectivity index (χ2n) is 8.43. The Morgan fingerprint density at radius 2 is 1.92 bits per heavy atom. The van der Waals surface area contributed by atoms with Crippen LogP contribution in [0.3, 0.4) is 0 Å². The third-order valence-electron chi connectivity index (χ3n) is 6.16. The minimum Gasteiger partial charge on any atom is -0.322 e. The summed E-state index contributed by atoms with van der Waals surface area (Å²) >= 11 is 1.39. The third kappa shape index (κ3) is 4.73. The first-order valence-corrected chi connectivity index (χ1v) is 12.3. The summed E-state index contributed by atoms with van der Waals surface area (Å²) in [6.07, 6.45) is 1.55. The van der Waals surface area contributed by atoms with Crippen molar-refractivity contribution >= 4 is 33.4 Å². The summed E-state index contributed by atoms with van der Waals surface area (Å²) in [7, 11) is 0. The summed E-state index contributed by atoms with van der Waals surface area (Å²) in [6.45, 7) is 4.73. The summed E-state index contributed by atoms with van der Waals surface area (Å²) in [4.78, 5) is 31.1. The molecule has 0 atom stereocenters. The van der Waals surface area contributed by atoms with Crippen LogP contribution in [0.2, 0.25) is 0 Å². The lowest BCUT2D eigenvalue weighted by atomic mass is 10.0. The number of piperazine rings is 1. The number of carbonyl (C=O) groups excluding carboxylic acids is 1. The maximum absolute atomic E-state index is 13.0. The van der Waals surface area contributed by atoms with Gasteiger partial charge in [0.25, 0.3) is 0 Å². The Bertz CT molecular complexity index is 1530. The fourth-order valence-corrected chi connectivity index (χ4v) is 5.18. The van der Waals surface area contributed by atoms with Crippen molar-refractivity contribution in [3.8, 4) is 33.8 Å². The van der Waals surface area contributed by atoms with E-state index in [1.807, 2.05) is 42.2 Å². The molecule has 2 amide bonds. The van der Waals surface area contributed by atoms with Crippen molar-refractivity contribution in [1.29, 1.82) is 10.5 Å². The van der Waals surface area contributed by atoms with Crippen LogP contribution in [-0.4, -0.2) is 63.5 Å². The van der Waals surface area contributed by atoms with Crippen LogP contribution >= 0.6 is 11.3 Å². The maximum Gasteiger partial charge on any atom is 0.323 e. The molecule has 1 N–H and O–H groups in total. The number of nitrogens with one attached hydrogen (secondary N) is 1. The van der Waals surface area contributed by atoms with Gasteiger partial charge in [-0.25, -0.2) is 19.7 Å². The average molecular weight is 495 g/mol. The predicted octanol–water partition coefficient (Wildman–Crippen LogP) is 4.27. The molecule has 2 aromatic carbocycles. The molecule has 9 nitrogen and oxygen atoms in total. The average Bonchev–Trinajstić information content (AvgIpc) is 3.33. The minimum absolute atomic E-state index is 0.216. The van der Waals surface area contributed by atoms with Crippen LogP contribution in [0.25, 0.3) is 32.6 Å². The van der Waals surface area contributed by atoms with E-state index in [2.05, 4.69) is 27.4 Å². The Kier molecular flexibility index (Phi) is 6.54. The molecule has 0 aliphatic carbocycles. The first kappa shape index (κ1) is 23.4. The van der Waals surface area contributed by atoms with E-state index < -0.39 is 0 Å². The van der Waals surface area contributed by atoms with Crippen LogP contribution < -0.4 is 5.32 Å². The molecule has 1 aliphatic heterocycles. The fourth-order valence-electron chi connectivity index (χ4n) is 4.21. The molecular weight excluding hydrogens is 472 g/mol. The van der Waals surface area contributed by atoms with Crippen molar-refractivity contribution in [3.63, 3.8) is 0 Å². The van der Waals surface area contributed by atoms with Crippen molar-refractivity contribution < 1.29 is 4.79 Å². The van der Waals surface area contributed by atoms with E-state index in [0.717, 1.165) is 32.6 Å². The molecule has 0 radical (unpaired) electrons. The van der Waals surface area contributed by atoms with Crippen LogP contribution in [0.15, 0.2) is 48.8 Å². The lowest BCUT2D eigenvalue weighted by Gasteiger charge is -2.33. The predicted molar refractivity (Wildman–Crippen MR) is 138 cm³/mol.